The summed E-state index contributed by atoms with van der Waals surface area (Å²) in [6.45, 7) is 8.75. The Morgan fingerprint density at radius 1 is 1.33 bits per heavy atom. The van der Waals surface area contributed by atoms with Crippen LogP contribution >= 0.6 is 0 Å². The molecule has 0 saturated heterocycles. The number of nitrogens with one attached hydrogen (secondary N) is 1. The van der Waals surface area contributed by atoms with Crippen LogP contribution in [-0.2, 0) is 19.7 Å². The maximum atomic E-state index is 10.7. The third-order valence-corrected chi connectivity index (χ3v) is 3.31. The highest BCUT2D eigenvalue weighted by Gasteiger charge is 2.32. The maximum absolute atomic E-state index is 10.7. The summed E-state index contributed by atoms with van der Waals surface area (Å²) in [5.74, 6) is -0.957. The number of carbonyl (C=O) groups is 2. The molecular formula is C10H18N2O5S. The van der Waals surface area contributed by atoms with E-state index >= 15 is 0 Å². The SMILES string of the molecule is C=CC(=O)NCC(C)(C)S(=O)(=O)O.C=CC(N)=O. The van der Waals surface area contributed by atoms with Gasteiger partial charge in [-0.05, 0) is 26.0 Å². The summed E-state index contributed by atoms with van der Waals surface area (Å²) >= 11 is 0. The molecule has 2 amide bonds. The second kappa shape index (κ2) is 7.62. The van der Waals surface area contributed by atoms with E-state index in [1.165, 1.54) is 13.8 Å². The molecule has 0 rings (SSSR count). The molecule has 0 atom stereocenters. The van der Waals surface area contributed by atoms with Gasteiger partial charge in [0.25, 0.3) is 10.1 Å². The summed E-state index contributed by atoms with van der Waals surface area (Å²) < 4.78 is 28.8. The number of carbonyl (C=O) groups excluding carboxylic acids is 2. The van der Waals surface area contributed by atoms with Gasteiger partial charge < -0.3 is 11.1 Å². The van der Waals surface area contributed by atoms with Crippen molar-refractivity contribution in [1.29, 1.82) is 0 Å². The molecule has 0 aromatic carbocycles. The lowest BCUT2D eigenvalue weighted by atomic mass is 10.2. The van der Waals surface area contributed by atoms with Crippen LogP contribution in [0, 0.1) is 0 Å². The van der Waals surface area contributed by atoms with Crippen LogP contribution in [0.3, 0.4) is 0 Å². The summed E-state index contributed by atoms with van der Waals surface area (Å²) in [6.07, 6.45) is 2.08. The lowest BCUT2D eigenvalue weighted by Gasteiger charge is -2.20. The van der Waals surface area contributed by atoms with Crippen molar-refractivity contribution in [3.8, 4) is 0 Å². The largest absolute Gasteiger partial charge is 0.366 e. The van der Waals surface area contributed by atoms with Crippen LogP contribution in [-0.4, -0.2) is 36.1 Å². The monoisotopic (exact) mass is 278 g/mol. The number of amides is 2. The van der Waals surface area contributed by atoms with Gasteiger partial charge in [-0.3, -0.25) is 14.1 Å². The third kappa shape index (κ3) is 8.48. The van der Waals surface area contributed by atoms with E-state index in [-0.39, 0.29) is 6.54 Å². The van der Waals surface area contributed by atoms with Gasteiger partial charge in [-0.25, -0.2) is 0 Å². The van der Waals surface area contributed by atoms with Crippen molar-refractivity contribution >= 4 is 21.9 Å². The lowest BCUT2D eigenvalue weighted by molar-refractivity contribution is -0.116. The molecule has 8 heteroatoms. The highest BCUT2D eigenvalue weighted by Crippen LogP contribution is 2.12. The first kappa shape index (κ1) is 18.7. The topological polar surface area (TPSA) is 127 Å². The molecule has 0 aromatic rings. The Kier molecular flexibility index (Phi) is 7.91. The second-order valence-electron chi connectivity index (χ2n) is 3.76. The van der Waals surface area contributed by atoms with Crippen molar-refractivity contribution in [3.05, 3.63) is 25.3 Å². The maximum Gasteiger partial charge on any atom is 0.271 e. The van der Waals surface area contributed by atoms with Crippen molar-refractivity contribution in [2.75, 3.05) is 6.54 Å². The van der Waals surface area contributed by atoms with Gasteiger partial charge in [0.2, 0.25) is 11.8 Å². The zero-order chi connectivity index (χ0) is 15.0. The van der Waals surface area contributed by atoms with Crippen molar-refractivity contribution in [3.63, 3.8) is 0 Å². The number of nitrogens with two attached hydrogens (primary N) is 1. The quantitative estimate of drug-likeness (QED) is 0.466. The van der Waals surface area contributed by atoms with Gasteiger partial charge in [-0.1, -0.05) is 13.2 Å². The minimum atomic E-state index is -4.16. The van der Waals surface area contributed by atoms with Crippen LogP contribution in [0.2, 0.25) is 0 Å². The zero-order valence-corrected chi connectivity index (χ0v) is 11.2. The van der Waals surface area contributed by atoms with Crippen molar-refractivity contribution in [2.45, 2.75) is 18.6 Å². The van der Waals surface area contributed by atoms with Gasteiger partial charge in [-0.15, -0.1) is 0 Å². The van der Waals surface area contributed by atoms with E-state index in [9.17, 15) is 18.0 Å². The third-order valence-electron chi connectivity index (χ3n) is 1.77. The van der Waals surface area contributed by atoms with Crippen molar-refractivity contribution in [2.24, 2.45) is 5.73 Å². The molecule has 0 fully saturated rings. The van der Waals surface area contributed by atoms with E-state index in [2.05, 4.69) is 24.2 Å². The van der Waals surface area contributed by atoms with Crippen LogP contribution in [0.15, 0.2) is 25.3 Å². The fraction of sp³-hybridized carbons (Fsp3) is 0.400. The number of hydrogen-bond donors (Lipinski definition) is 3. The smallest absolute Gasteiger partial charge is 0.271 e. The molecule has 0 spiro atoms. The minimum Gasteiger partial charge on any atom is -0.366 e. The Hall–Kier alpha value is -1.67. The Morgan fingerprint density at radius 2 is 1.72 bits per heavy atom. The van der Waals surface area contributed by atoms with E-state index in [1.807, 2.05) is 0 Å². The van der Waals surface area contributed by atoms with Gasteiger partial charge in [0.1, 0.15) is 4.75 Å². The summed E-state index contributed by atoms with van der Waals surface area (Å²) in [7, 11) is -4.16. The highest BCUT2D eigenvalue weighted by molar-refractivity contribution is 7.87. The van der Waals surface area contributed by atoms with Gasteiger partial charge in [0, 0.05) is 6.54 Å². The Labute approximate surface area is 106 Å². The number of rotatable bonds is 5. The first-order chi connectivity index (χ1) is 7.97. The Bertz CT molecular complexity index is 426. The van der Waals surface area contributed by atoms with Crippen LogP contribution in [0.1, 0.15) is 13.8 Å². The number of hydrogen-bond acceptors (Lipinski definition) is 4. The average molecular weight is 278 g/mol. The van der Waals surface area contributed by atoms with Gasteiger partial charge in [-0.2, -0.15) is 8.42 Å². The summed E-state index contributed by atoms with van der Waals surface area (Å²) in [6, 6.07) is 0. The molecular weight excluding hydrogens is 260 g/mol. The molecule has 0 unspecified atom stereocenters. The normalized spacial score (nSPS) is 10.6. The summed E-state index contributed by atoms with van der Waals surface area (Å²) in [4.78, 5) is 20.2. The second-order valence-corrected chi connectivity index (χ2v) is 5.82. The molecule has 0 aromatic heterocycles. The molecule has 18 heavy (non-hydrogen) atoms. The molecule has 0 radical (unpaired) electrons. The van der Waals surface area contributed by atoms with Crippen LogP contribution in [0.5, 0.6) is 0 Å². The van der Waals surface area contributed by atoms with Gasteiger partial charge >= 0.3 is 0 Å². The fourth-order valence-electron chi connectivity index (χ4n) is 0.463. The van der Waals surface area contributed by atoms with Crippen molar-refractivity contribution in [1.82, 2.24) is 5.32 Å². The minimum absolute atomic E-state index is 0.156. The van der Waals surface area contributed by atoms with Gasteiger partial charge in [0.15, 0.2) is 0 Å². The molecule has 0 aliphatic heterocycles. The predicted molar refractivity (Wildman–Crippen MR) is 68.2 cm³/mol. The lowest BCUT2D eigenvalue weighted by Crippen LogP contribution is -2.43. The predicted octanol–water partition coefficient (Wildman–Crippen LogP) is -0.387. The van der Waals surface area contributed by atoms with Crippen molar-refractivity contribution < 1.29 is 22.6 Å². The van der Waals surface area contributed by atoms with Crippen LogP contribution < -0.4 is 11.1 Å². The molecule has 7 nitrogen and oxygen atoms in total. The Balaban J connectivity index is 0. The van der Waals surface area contributed by atoms with Gasteiger partial charge in [0.05, 0.1) is 0 Å². The highest BCUT2D eigenvalue weighted by atomic mass is 32.2. The van der Waals surface area contributed by atoms with Crippen LogP contribution in [0.4, 0.5) is 0 Å². The standard InChI is InChI=1S/C7H13NO4S.C3H5NO/c1-4-6(9)8-5-7(2,3)13(10,11)12;1-2-3(4)5/h4H,1,5H2,2-3H3,(H,8,9)(H,10,11,12);2H,1H2,(H2,4,5). The molecule has 0 aliphatic carbocycles. The number of primary amides is 1. The molecule has 0 aliphatic rings. The molecule has 0 bridgehead atoms. The zero-order valence-electron chi connectivity index (χ0n) is 10.3. The summed E-state index contributed by atoms with van der Waals surface area (Å²) in [5.41, 5.74) is 4.53. The van der Waals surface area contributed by atoms with E-state index in [1.54, 1.807) is 0 Å². The first-order valence-electron chi connectivity index (χ1n) is 4.77. The van der Waals surface area contributed by atoms with Crippen LogP contribution in [0.25, 0.3) is 0 Å². The molecule has 104 valence electrons. The first-order valence-corrected chi connectivity index (χ1v) is 6.21. The Morgan fingerprint density at radius 3 is 1.94 bits per heavy atom. The molecule has 4 N–H and O–H groups in total. The van der Waals surface area contributed by atoms with E-state index in [0.717, 1.165) is 12.2 Å². The van der Waals surface area contributed by atoms with E-state index in [4.69, 9.17) is 4.55 Å². The fourth-order valence-corrected chi connectivity index (χ4v) is 0.718. The average Bonchev–Trinajstić information content (AvgIpc) is 2.25. The summed E-state index contributed by atoms with van der Waals surface area (Å²) in [5, 5.41) is 2.28. The van der Waals surface area contributed by atoms with E-state index in [0.29, 0.717) is 0 Å². The molecule has 0 heterocycles. The molecule has 0 saturated carbocycles. The van der Waals surface area contributed by atoms with E-state index < -0.39 is 26.7 Å².